The maximum Gasteiger partial charge on any atom is 0.343 e. The minimum absolute atomic E-state index is 0.114. The van der Waals surface area contributed by atoms with E-state index in [2.05, 4.69) is 47.6 Å². The number of hydrogen-bond acceptors (Lipinski definition) is 7. The molecule has 0 bridgehead atoms. The lowest BCUT2D eigenvalue weighted by Crippen LogP contribution is -2.51. The molecular formula is C51H72O7. The topological polar surface area (TPSA) is 80.3 Å². The Kier molecular flexibility index (Phi) is 13.8. The molecule has 8 unspecified atom stereocenters. The van der Waals surface area contributed by atoms with Gasteiger partial charge in [0.15, 0.2) is 0 Å². The molecule has 0 aromatic heterocycles. The van der Waals surface area contributed by atoms with E-state index in [0.29, 0.717) is 28.9 Å². The van der Waals surface area contributed by atoms with Gasteiger partial charge in [-0.1, -0.05) is 72.5 Å². The van der Waals surface area contributed by atoms with Gasteiger partial charge >= 0.3 is 11.9 Å². The van der Waals surface area contributed by atoms with Crippen molar-refractivity contribution in [2.24, 2.45) is 51.8 Å². The summed E-state index contributed by atoms with van der Waals surface area (Å²) in [5.74, 6) is 5.22. The van der Waals surface area contributed by atoms with Crippen LogP contribution in [0.4, 0.5) is 0 Å². The number of carbonyl (C=O) groups excluding carboxylic acids is 2. The number of unbranched alkanes of at least 4 members (excludes halogenated alkanes) is 1. The number of ether oxygens (including phenoxy) is 5. The molecule has 1 heterocycles. The Morgan fingerprint density at radius 2 is 1.50 bits per heavy atom. The second kappa shape index (κ2) is 18.6. The number of hydrogen-bond donors (Lipinski definition) is 0. The summed E-state index contributed by atoms with van der Waals surface area (Å²) in [6.07, 6.45) is 19.0. The molecule has 58 heavy (non-hydrogen) atoms. The SMILES string of the molecule is CCC1(COCCCCOc2ccc(OC(=O)c3ccc(C(=O)OC4CCC5(C)C(=CCC6C5CCC5(C)C(C(C)CCCC(C)C)CCC65)C4)cc3)cc2)COC1. The molecule has 4 fully saturated rings. The number of allylic oxidation sites excluding steroid dienone is 1. The van der Waals surface area contributed by atoms with Gasteiger partial charge in [-0.05, 0) is 159 Å². The lowest BCUT2D eigenvalue weighted by atomic mass is 9.47. The molecular weight excluding hydrogens is 725 g/mol. The quantitative estimate of drug-likeness (QED) is 0.0643. The molecule has 0 amide bonds. The fraction of sp³-hybridized carbons (Fsp3) is 0.686. The molecule has 1 saturated heterocycles. The van der Waals surface area contributed by atoms with Gasteiger partial charge in [0, 0.05) is 18.4 Å². The van der Waals surface area contributed by atoms with Crippen molar-refractivity contribution in [3.05, 3.63) is 71.3 Å². The molecule has 7 nitrogen and oxygen atoms in total. The van der Waals surface area contributed by atoms with E-state index in [1.807, 2.05) is 12.1 Å². The molecule has 4 aliphatic carbocycles. The second-order valence-electron chi connectivity index (χ2n) is 20.0. The average Bonchev–Trinajstić information content (AvgIpc) is 3.56. The molecule has 0 spiro atoms. The third kappa shape index (κ3) is 9.41. The molecule has 0 radical (unpaired) electrons. The highest BCUT2D eigenvalue weighted by Crippen LogP contribution is 2.67. The fourth-order valence-electron chi connectivity index (χ4n) is 12.0. The minimum Gasteiger partial charge on any atom is -0.494 e. The van der Waals surface area contributed by atoms with E-state index < -0.39 is 5.97 Å². The largest absolute Gasteiger partial charge is 0.494 e. The summed E-state index contributed by atoms with van der Waals surface area (Å²) in [4.78, 5) is 26.3. The van der Waals surface area contributed by atoms with Crippen molar-refractivity contribution in [2.45, 2.75) is 138 Å². The van der Waals surface area contributed by atoms with E-state index in [4.69, 9.17) is 23.7 Å². The standard InChI is InChI=1S/C51H72O7/c1-7-51(33-55-34-51)32-54-29-8-9-30-56-40-18-20-41(21-19-40)57-47(52)37-13-15-38(16-14-37)48(53)58-42-25-27-49(5)39(31-42)17-22-43-45-24-23-44(36(4)12-10-11-35(2)3)50(45,6)28-26-46(43)49/h13-21,35-36,42-46H,7-12,22-34H2,1-6H3. The van der Waals surface area contributed by atoms with Gasteiger partial charge in [0.05, 0.1) is 37.6 Å². The van der Waals surface area contributed by atoms with Crippen molar-refractivity contribution in [2.75, 3.05) is 33.0 Å². The van der Waals surface area contributed by atoms with Gasteiger partial charge in [0.1, 0.15) is 17.6 Å². The van der Waals surface area contributed by atoms with Gasteiger partial charge in [-0.15, -0.1) is 0 Å². The first-order valence-electron chi connectivity index (χ1n) is 23.0. The van der Waals surface area contributed by atoms with Crippen LogP contribution in [0, 0.1) is 51.8 Å². The zero-order valence-corrected chi connectivity index (χ0v) is 36.5. The van der Waals surface area contributed by atoms with Crippen LogP contribution in [0.1, 0.15) is 152 Å². The Morgan fingerprint density at radius 3 is 2.19 bits per heavy atom. The van der Waals surface area contributed by atoms with Crippen molar-refractivity contribution < 1.29 is 33.3 Å². The van der Waals surface area contributed by atoms with Crippen molar-refractivity contribution in [3.8, 4) is 11.5 Å². The Morgan fingerprint density at radius 1 is 0.793 bits per heavy atom. The zero-order valence-electron chi connectivity index (χ0n) is 36.5. The summed E-state index contributed by atoms with van der Waals surface area (Å²) in [6.45, 7) is 18.4. The first kappa shape index (κ1) is 42.9. The average molecular weight is 797 g/mol. The molecule has 1 aliphatic heterocycles. The molecule has 7 rings (SSSR count). The fourth-order valence-corrected chi connectivity index (χ4v) is 12.0. The van der Waals surface area contributed by atoms with Crippen molar-refractivity contribution >= 4 is 11.9 Å². The van der Waals surface area contributed by atoms with Gasteiger partial charge in [0.2, 0.25) is 0 Å². The highest BCUT2D eigenvalue weighted by molar-refractivity contribution is 5.94. The Balaban J connectivity index is 0.844. The molecule has 7 heteroatoms. The van der Waals surface area contributed by atoms with E-state index in [1.165, 1.54) is 56.9 Å². The number of benzene rings is 2. The first-order chi connectivity index (χ1) is 27.9. The smallest absolute Gasteiger partial charge is 0.343 e. The van der Waals surface area contributed by atoms with Crippen LogP contribution in [-0.2, 0) is 14.2 Å². The lowest BCUT2D eigenvalue weighted by Gasteiger charge is -2.58. The van der Waals surface area contributed by atoms with Crippen molar-refractivity contribution in [1.29, 1.82) is 0 Å². The number of rotatable bonds is 18. The van der Waals surface area contributed by atoms with E-state index in [9.17, 15) is 9.59 Å². The summed E-state index contributed by atoms with van der Waals surface area (Å²) in [6, 6.07) is 13.7. The monoisotopic (exact) mass is 797 g/mol. The zero-order chi connectivity index (χ0) is 40.9. The summed E-state index contributed by atoms with van der Waals surface area (Å²) in [7, 11) is 0. The Bertz CT molecular complexity index is 1700. The van der Waals surface area contributed by atoms with Crippen LogP contribution >= 0.6 is 0 Å². The molecule has 5 aliphatic rings. The predicted molar refractivity (Wildman–Crippen MR) is 229 cm³/mol. The van der Waals surface area contributed by atoms with E-state index >= 15 is 0 Å². The van der Waals surface area contributed by atoms with E-state index in [0.717, 1.165) is 106 Å². The summed E-state index contributed by atoms with van der Waals surface area (Å²) in [5.41, 5.74) is 3.27. The summed E-state index contributed by atoms with van der Waals surface area (Å²) < 4.78 is 28.9. The van der Waals surface area contributed by atoms with Crippen molar-refractivity contribution in [1.82, 2.24) is 0 Å². The second-order valence-corrected chi connectivity index (χ2v) is 20.0. The van der Waals surface area contributed by atoms with Crippen LogP contribution in [0.3, 0.4) is 0 Å². The van der Waals surface area contributed by atoms with Gasteiger partial charge in [-0.25, -0.2) is 9.59 Å². The third-order valence-electron chi connectivity index (χ3n) is 15.9. The van der Waals surface area contributed by atoms with Crippen LogP contribution in [0.2, 0.25) is 0 Å². The van der Waals surface area contributed by atoms with Crippen LogP contribution in [-0.4, -0.2) is 51.1 Å². The third-order valence-corrected chi connectivity index (χ3v) is 15.9. The molecule has 0 N–H and O–H groups in total. The van der Waals surface area contributed by atoms with Gasteiger partial charge in [-0.2, -0.15) is 0 Å². The van der Waals surface area contributed by atoms with Gasteiger partial charge < -0.3 is 23.7 Å². The summed E-state index contributed by atoms with van der Waals surface area (Å²) in [5, 5.41) is 0. The van der Waals surface area contributed by atoms with Crippen LogP contribution in [0.5, 0.6) is 11.5 Å². The lowest BCUT2D eigenvalue weighted by molar-refractivity contribution is -0.150. The van der Waals surface area contributed by atoms with Gasteiger partial charge in [-0.3, -0.25) is 0 Å². The Labute approximate surface area is 349 Å². The van der Waals surface area contributed by atoms with Crippen LogP contribution < -0.4 is 9.47 Å². The first-order valence-corrected chi connectivity index (χ1v) is 23.0. The maximum absolute atomic E-state index is 13.4. The van der Waals surface area contributed by atoms with E-state index in [-0.39, 0.29) is 22.9 Å². The molecule has 318 valence electrons. The molecule has 8 atom stereocenters. The maximum atomic E-state index is 13.4. The normalized spacial score (nSPS) is 30.3. The van der Waals surface area contributed by atoms with E-state index in [1.54, 1.807) is 36.4 Å². The molecule has 2 aromatic carbocycles. The van der Waals surface area contributed by atoms with Crippen molar-refractivity contribution in [3.63, 3.8) is 0 Å². The minimum atomic E-state index is -0.478. The number of fused-ring (bicyclic) bond motifs is 5. The number of carbonyl (C=O) groups is 2. The predicted octanol–water partition coefficient (Wildman–Crippen LogP) is 12.1. The summed E-state index contributed by atoms with van der Waals surface area (Å²) >= 11 is 0. The molecule has 2 aromatic rings. The molecule has 3 saturated carbocycles. The van der Waals surface area contributed by atoms with Crippen LogP contribution in [0.15, 0.2) is 60.2 Å². The van der Waals surface area contributed by atoms with Crippen LogP contribution in [0.25, 0.3) is 0 Å². The number of esters is 2. The van der Waals surface area contributed by atoms with Gasteiger partial charge in [0.25, 0.3) is 0 Å². The Hall–Kier alpha value is -3.16. The highest BCUT2D eigenvalue weighted by atomic mass is 16.5. The highest BCUT2D eigenvalue weighted by Gasteiger charge is 2.59.